The van der Waals surface area contributed by atoms with Crippen LogP contribution in [0.4, 0.5) is 9.59 Å². The van der Waals surface area contributed by atoms with E-state index in [4.69, 9.17) is 11.5 Å². The van der Waals surface area contributed by atoms with Gasteiger partial charge in [-0.15, -0.1) is 0 Å². The molecule has 0 radical (unpaired) electrons. The summed E-state index contributed by atoms with van der Waals surface area (Å²) in [5.41, 5.74) is 11.7. The first-order chi connectivity index (χ1) is 7.49. The van der Waals surface area contributed by atoms with Crippen molar-refractivity contribution in [3.05, 3.63) is 35.4 Å². The zero-order valence-corrected chi connectivity index (χ0v) is 8.86. The SMILES string of the molecule is Cc1cccc(C(NC(N)=O)NC(N)=O)c1. The van der Waals surface area contributed by atoms with Crippen molar-refractivity contribution in [1.29, 1.82) is 0 Å². The summed E-state index contributed by atoms with van der Waals surface area (Å²) in [4.78, 5) is 21.5. The smallest absolute Gasteiger partial charge is 0.314 e. The minimum atomic E-state index is -0.736. The second-order valence-electron chi connectivity index (χ2n) is 3.36. The number of carbonyl (C=O) groups excluding carboxylic acids is 2. The van der Waals surface area contributed by atoms with Crippen LogP contribution < -0.4 is 22.1 Å². The van der Waals surface area contributed by atoms with E-state index in [1.807, 2.05) is 25.1 Å². The fourth-order valence-corrected chi connectivity index (χ4v) is 1.34. The molecule has 0 saturated carbocycles. The fraction of sp³-hybridized carbons (Fsp3) is 0.200. The van der Waals surface area contributed by atoms with E-state index in [0.717, 1.165) is 5.56 Å². The van der Waals surface area contributed by atoms with Crippen molar-refractivity contribution in [2.24, 2.45) is 11.5 Å². The minimum Gasteiger partial charge on any atom is -0.352 e. The topological polar surface area (TPSA) is 110 Å². The van der Waals surface area contributed by atoms with Gasteiger partial charge in [0, 0.05) is 0 Å². The molecule has 16 heavy (non-hydrogen) atoms. The average molecular weight is 222 g/mol. The number of benzene rings is 1. The van der Waals surface area contributed by atoms with Gasteiger partial charge in [0.1, 0.15) is 6.17 Å². The van der Waals surface area contributed by atoms with E-state index < -0.39 is 18.2 Å². The highest BCUT2D eigenvalue weighted by Gasteiger charge is 2.13. The summed E-state index contributed by atoms with van der Waals surface area (Å²) in [6.45, 7) is 1.90. The van der Waals surface area contributed by atoms with Crippen molar-refractivity contribution in [2.45, 2.75) is 13.1 Å². The molecule has 0 aliphatic rings. The summed E-state index contributed by atoms with van der Waals surface area (Å²) >= 11 is 0. The number of nitrogens with two attached hydrogens (primary N) is 2. The standard InChI is InChI=1S/C10H14N4O2/c1-6-3-2-4-7(5-6)8(13-9(11)15)14-10(12)16/h2-5,8H,1H3,(H3,11,13,15)(H3,12,14,16). The monoisotopic (exact) mass is 222 g/mol. The number of carbonyl (C=O) groups is 2. The molecule has 6 heteroatoms. The molecule has 6 nitrogen and oxygen atoms in total. The van der Waals surface area contributed by atoms with Crippen LogP contribution in [-0.4, -0.2) is 12.1 Å². The lowest BCUT2D eigenvalue weighted by Gasteiger charge is -2.18. The van der Waals surface area contributed by atoms with E-state index >= 15 is 0 Å². The Morgan fingerprint density at radius 1 is 1.19 bits per heavy atom. The summed E-state index contributed by atoms with van der Waals surface area (Å²) in [6.07, 6.45) is -0.713. The lowest BCUT2D eigenvalue weighted by molar-refractivity contribution is 0.235. The van der Waals surface area contributed by atoms with Crippen LogP contribution in [0.15, 0.2) is 24.3 Å². The van der Waals surface area contributed by atoms with Gasteiger partial charge >= 0.3 is 12.1 Å². The zero-order chi connectivity index (χ0) is 12.1. The van der Waals surface area contributed by atoms with E-state index in [1.54, 1.807) is 6.07 Å². The van der Waals surface area contributed by atoms with Gasteiger partial charge in [-0.05, 0) is 12.5 Å². The van der Waals surface area contributed by atoms with Gasteiger partial charge in [-0.1, -0.05) is 29.8 Å². The number of amides is 4. The molecule has 1 rings (SSSR count). The van der Waals surface area contributed by atoms with Crippen LogP contribution in [0.3, 0.4) is 0 Å². The molecule has 0 spiro atoms. The van der Waals surface area contributed by atoms with Gasteiger partial charge in [0.05, 0.1) is 0 Å². The van der Waals surface area contributed by atoms with Crippen molar-refractivity contribution in [3.8, 4) is 0 Å². The highest BCUT2D eigenvalue weighted by Crippen LogP contribution is 2.11. The molecule has 0 bridgehead atoms. The molecule has 0 aromatic heterocycles. The first kappa shape index (κ1) is 11.8. The van der Waals surface area contributed by atoms with E-state index in [1.165, 1.54) is 0 Å². The Kier molecular flexibility index (Phi) is 3.71. The number of rotatable bonds is 3. The van der Waals surface area contributed by atoms with Crippen LogP contribution in [0.2, 0.25) is 0 Å². The molecule has 0 heterocycles. The Labute approximate surface area is 93.0 Å². The molecular formula is C10H14N4O2. The van der Waals surface area contributed by atoms with Crippen LogP contribution >= 0.6 is 0 Å². The summed E-state index contributed by atoms with van der Waals surface area (Å²) in [6, 6.07) is 5.80. The van der Waals surface area contributed by atoms with E-state index in [2.05, 4.69) is 10.6 Å². The summed E-state index contributed by atoms with van der Waals surface area (Å²) in [7, 11) is 0. The predicted molar refractivity (Wildman–Crippen MR) is 59.4 cm³/mol. The van der Waals surface area contributed by atoms with Gasteiger partial charge in [-0.2, -0.15) is 0 Å². The van der Waals surface area contributed by atoms with Gasteiger partial charge in [-0.25, -0.2) is 9.59 Å². The molecule has 0 aliphatic heterocycles. The van der Waals surface area contributed by atoms with E-state index in [9.17, 15) is 9.59 Å². The summed E-state index contributed by atoms with van der Waals surface area (Å²) in [5, 5.41) is 4.76. The molecule has 0 saturated heterocycles. The van der Waals surface area contributed by atoms with Crippen molar-refractivity contribution >= 4 is 12.1 Å². The minimum absolute atomic E-state index is 0.706. The number of hydrogen-bond acceptors (Lipinski definition) is 2. The highest BCUT2D eigenvalue weighted by atomic mass is 16.2. The van der Waals surface area contributed by atoms with Crippen molar-refractivity contribution < 1.29 is 9.59 Å². The highest BCUT2D eigenvalue weighted by molar-refractivity contribution is 5.75. The maximum atomic E-state index is 10.8. The maximum absolute atomic E-state index is 10.8. The van der Waals surface area contributed by atoms with Gasteiger partial charge in [0.2, 0.25) is 0 Å². The molecule has 0 aliphatic carbocycles. The Morgan fingerprint density at radius 2 is 1.75 bits per heavy atom. The molecule has 1 aromatic rings. The first-order valence-electron chi connectivity index (χ1n) is 4.67. The van der Waals surface area contributed by atoms with Crippen molar-refractivity contribution in [2.75, 3.05) is 0 Å². The molecule has 1 aromatic carbocycles. The number of hydrogen-bond donors (Lipinski definition) is 4. The van der Waals surface area contributed by atoms with Crippen LogP contribution in [0.5, 0.6) is 0 Å². The van der Waals surface area contributed by atoms with Crippen LogP contribution in [0.1, 0.15) is 17.3 Å². The van der Waals surface area contributed by atoms with E-state index in [-0.39, 0.29) is 0 Å². The van der Waals surface area contributed by atoms with Crippen molar-refractivity contribution in [1.82, 2.24) is 10.6 Å². The summed E-state index contributed by atoms with van der Waals surface area (Å²) in [5.74, 6) is 0. The Morgan fingerprint density at radius 3 is 2.19 bits per heavy atom. The molecule has 0 atom stereocenters. The van der Waals surface area contributed by atoms with Crippen LogP contribution in [0.25, 0.3) is 0 Å². The fourth-order valence-electron chi connectivity index (χ4n) is 1.34. The zero-order valence-electron chi connectivity index (χ0n) is 8.86. The third-order valence-electron chi connectivity index (χ3n) is 1.95. The second kappa shape index (κ2) is 5.01. The van der Waals surface area contributed by atoms with Gasteiger partial charge in [0.25, 0.3) is 0 Å². The van der Waals surface area contributed by atoms with Gasteiger partial charge in [-0.3, -0.25) is 0 Å². The predicted octanol–water partition coefficient (Wildman–Crippen LogP) is 0.330. The molecular weight excluding hydrogens is 208 g/mol. The quantitative estimate of drug-likeness (QED) is 0.552. The van der Waals surface area contributed by atoms with Gasteiger partial charge < -0.3 is 22.1 Å². The van der Waals surface area contributed by atoms with Crippen molar-refractivity contribution in [3.63, 3.8) is 0 Å². The average Bonchev–Trinajstić information content (AvgIpc) is 2.15. The maximum Gasteiger partial charge on any atom is 0.314 e. The Hall–Kier alpha value is -2.24. The molecule has 4 amide bonds. The first-order valence-corrected chi connectivity index (χ1v) is 4.67. The van der Waals surface area contributed by atoms with Crippen LogP contribution in [-0.2, 0) is 0 Å². The lowest BCUT2D eigenvalue weighted by Crippen LogP contribution is -2.45. The molecule has 6 N–H and O–H groups in total. The Balaban J connectivity index is 2.90. The largest absolute Gasteiger partial charge is 0.352 e. The number of aryl methyl sites for hydroxylation is 1. The summed E-state index contributed by atoms with van der Waals surface area (Å²) < 4.78 is 0. The molecule has 0 unspecified atom stereocenters. The van der Waals surface area contributed by atoms with Crippen LogP contribution in [0, 0.1) is 6.92 Å². The van der Waals surface area contributed by atoms with E-state index in [0.29, 0.717) is 5.56 Å². The second-order valence-corrected chi connectivity index (χ2v) is 3.36. The lowest BCUT2D eigenvalue weighted by atomic mass is 10.1. The number of nitrogens with one attached hydrogen (secondary N) is 2. The number of urea groups is 2. The Bertz CT molecular complexity index is 390. The number of primary amides is 2. The third kappa shape index (κ3) is 3.49. The normalized spacial score (nSPS) is 9.88. The molecule has 86 valence electrons. The third-order valence-corrected chi connectivity index (χ3v) is 1.95. The molecule has 0 fully saturated rings. The van der Waals surface area contributed by atoms with Gasteiger partial charge in [0.15, 0.2) is 0 Å².